The molecule has 0 bridgehead atoms. The summed E-state index contributed by atoms with van der Waals surface area (Å²) in [7, 11) is 0. The van der Waals surface area contributed by atoms with Crippen LogP contribution in [0.2, 0.25) is 0 Å². The standard InChI is InChI=1S/C12H19NO/c1-4-6-12(9-13)8-5-7-11(3,14)10(12)2/h4,10,14H,1,5-8H2,2-3H3/t10-,11-,12+/m0/s1. The second kappa shape index (κ2) is 3.74. The summed E-state index contributed by atoms with van der Waals surface area (Å²) in [5.74, 6) is 0.0201. The summed E-state index contributed by atoms with van der Waals surface area (Å²) in [5, 5.41) is 19.4. The van der Waals surface area contributed by atoms with Crippen molar-refractivity contribution in [1.82, 2.24) is 0 Å². The molecule has 1 aliphatic carbocycles. The van der Waals surface area contributed by atoms with E-state index < -0.39 is 11.0 Å². The molecule has 1 fully saturated rings. The number of nitriles is 1. The average Bonchev–Trinajstić information content (AvgIpc) is 2.13. The topological polar surface area (TPSA) is 44.0 Å². The van der Waals surface area contributed by atoms with E-state index in [1.54, 1.807) is 6.08 Å². The third-order valence-electron chi connectivity index (χ3n) is 3.80. The molecule has 0 amide bonds. The van der Waals surface area contributed by atoms with Gasteiger partial charge in [-0.3, -0.25) is 0 Å². The molecule has 0 heterocycles. The molecule has 0 spiro atoms. The Labute approximate surface area is 86.2 Å². The Bertz CT molecular complexity index is 264. The molecule has 14 heavy (non-hydrogen) atoms. The predicted molar refractivity (Wildman–Crippen MR) is 56.5 cm³/mol. The van der Waals surface area contributed by atoms with Crippen LogP contribution in [0.15, 0.2) is 12.7 Å². The number of hydrogen-bond acceptors (Lipinski definition) is 2. The Kier molecular flexibility index (Phi) is 3.01. The van der Waals surface area contributed by atoms with E-state index in [0.29, 0.717) is 6.42 Å². The third kappa shape index (κ3) is 1.69. The van der Waals surface area contributed by atoms with Crippen molar-refractivity contribution in [2.24, 2.45) is 11.3 Å². The molecule has 0 aromatic carbocycles. The van der Waals surface area contributed by atoms with Crippen LogP contribution in [-0.2, 0) is 0 Å². The Balaban J connectivity index is 2.96. The molecule has 1 aliphatic rings. The van der Waals surface area contributed by atoms with Crippen molar-refractivity contribution in [1.29, 1.82) is 5.26 Å². The maximum absolute atomic E-state index is 10.2. The van der Waals surface area contributed by atoms with Gasteiger partial charge in [0.25, 0.3) is 0 Å². The van der Waals surface area contributed by atoms with Gasteiger partial charge in [0, 0.05) is 5.92 Å². The number of nitrogens with zero attached hydrogens (tertiary/aromatic N) is 1. The van der Waals surface area contributed by atoms with Crippen LogP contribution in [0.3, 0.4) is 0 Å². The zero-order valence-electron chi connectivity index (χ0n) is 9.08. The summed E-state index contributed by atoms with van der Waals surface area (Å²) in [5.41, 5.74) is -1.10. The monoisotopic (exact) mass is 193 g/mol. The number of aliphatic hydroxyl groups is 1. The van der Waals surface area contributed by atoms with Gasteiger partial charge in [-0.15, -0.1) is 6.58 Å². The highest BCUT2D eigenvalue weighted by Crippen LogP contribution is 2.48. The van der Waals surface area contributed by atoms with Crippen molar-refractivity contribution in [3.05, 3.63) is 12.7 Å². The molecule has 1 N–H and O–H groups in total. The third-order valence-corrected chi connectivity index (χ3v) is 3.80. The van der Waals surface area contributed by atoms with Gasteiger partial charge in [0.05, 0.1) is 17.1 Å². The maximum Gasteiger partial charge on any atom is 0.0696 e. The molecule has 2 heteroatoms. The lowest BCUT2D eigenvalue weighted by Gasteiger charge is -2.45. The molecule has 0 unspecified atom stereocenters. The van der Waals surface area contributed by atoms with E-state index in [9.17, 15) is 10.4 Å². The van der Waals surface area contributed by atoms with Gasteiger partial charge in [0.1, 0.15) is 0 Å². The Hall–Kier alpha value is -0.810. The summed E-state index contributed by atoms with van der Waals surface area (Å²) in [6, 6.07) is 2.39. The normalized spacial score (nSPS) is 42.9. The van der Waals surface area contributed by atoms with Crippen LogP contribution in [0, 0.1) is 22.7 Å². The van der Waals surface area contributed by atoms with Gasteiger partial charge in [-0.1, -0.05) is 13.0 Å². The summed E-state index contributed by atoms with van der Waals surface area (Å²) < 4.78 is 0. The van der Waals surface area contributed by atoms with Gasteiger partial charge in [-0.05, 0) is 32.6 Å². The summed E-state index contributed by atoms with van der Waals surface area (Å²) in [4.78, 5) is 0. The highest BCUT2D eigenvalue weighted by molar-refractivity contribution is 5.11. The second-order valence-electron chi connectivity index (χ2n) is 4.69. The van der Waals surface area contributed by atoms with Gasteiger partial charge < -0.3 is 5.11 Å². The minimum Gasteiger partial charge on any atom is -0.390 e. The van der Waals surface area contributed by atoms with Crippen molar-refractivity contribution >= 4 is 0 Å². The fraction of sp³-hybridized carbons (Fsp3) is 0.750. The zero-order chi connectivity index (χ0) is 10.8. The van der Waals surface area contributed by atoms with Gasteiger partial charge in [0.15, 0.2) is 0 Å². The van der Waals surface area contributed by atoms with Crippen LogP contribution < -0.4 is 0 Å². The smallest absolute Gasteiger partial charge is 0.0696 e. The summed E-state index contributed by atoms with van der Waals surface area (Å²) in [6.45, 7) is 7.51. The van der Waals surface area contributed by atoms with E-state index in [-0.39, 0.29) is 5.92 Å². The molecule has 0 aromatic rings. The summed E-state index contributed by atoms with van der Waals surface area (Å²) in [6.07, 6.45) is 5.09. The predicted octanol–water partition coefficient (Wildman–Crippen LogP) is 2.64. The van der Waals surface area contributed by atoms with Crippen LogP contribution >= 0.6 is 0 Å². The molecule has 0 aromatic heterocycles. The van der Waals surface area contributed by atoms with Crippen molar-refractivity contribution < 1.29 is 5.11 Å². The van der Waals surface area contributed by atoms with Crippen LogP contribution in [0.1, 0.15) is 39.5 Å². The van der Waals surface area contributed by atoms with Gasteiger partial charge in [0.2, 0.25) is 0 Å². The number of allylic oxidation sites excluding steroid dienone is 1. The second-order valence-corrected chi connectivity index (χ2v) is 4.69. The molecule has 1 saturated carbocycles. The number of rotatable bonds is 2. The number of hydrogen-bond donors (Lipinski definition) is 1. The molecular weight excluding hydrogens is 174 g/mol. The van der Waals surface area contributed by atoms with Crippen LogP contribution in [0.5, 0.6) is 0 Å². The Morgan fingerprint density at radius 1 is 1.64 bits per heavy atom. The van der Waals surface area contributed by atoms with Gasteiger partial charge in [-0.2, -0.15) is 5.26 Å². The first-order valence-electron chi connectivity index (χ1n) is 5.23. The van der Waals surface area contributed by atoms with E-state index in [1.807, 2.05) is 13.8 Å². The lowest BCUT2D eigenvalue weighted by atomic mass is 9.60. The lowest BCUT2D eigenvalue weighted by molar-refractivity contribution is -0.0722. The first-order chi connectivity index (χ1) is 6.48. The molecule has 2 nitrogen and oxygen atoms in total. The summed E-state index contributed by atoms with van der Waals surface area (Å²) >= 11 is 0. The van der Waals surface area contributed by atoms with E-state index in [1.165, 1.54) is 0 Å². The highest BCUT2D eigenvalue weighted by Gasteiger charge is 2.47. The van der Waals surface area contributed by atoms with E-state index >= 15 is 0 Å². The molecule has 0 aliphatic heterocycles. The Morgan fingerprint density at radius 2 is 2.29 bits per heavy atom. The van der Waals surface area contributed by atoms with Crippen molar-refractivity contribution in [2.45, 2.75) is 45.1 Å². The highest BCUT2D eigenvalue weighted by atomic mass is 16.3. The van der Waals surface area contributed by atoms with Gasteiger partial charge in [-0.25, -0.2) is 0 Å². The Morgan fingerprint density at radius 3 is 2.79 bits per heavy atom. The van der Waals surface area contributed by atoms with Gasteiger partial charge >= 0.3 is 0 Å². The van der Waals surface area contributed by atoms with Crippen molar-refractivity contribution in [3.8, 4) is 6.07 Å². The van der Waals surface area contributed by atoms with E-state index in [4.69, 9.17) is 0 Å². The maximum atomic E-state index is 10.2. The fourth-order valence-electron chi connectivity index (χ4n) is 2.52. The van der Waals surface area contributed by atoms with E-state index in [2.05, 4.69) is 12.6 Å². The van der Waals surface area contributed by atoms with Crippen LogP contribution in [0.25, 0.3) is 0 Å². The minimum atomic E-state index is -0.697. The molecular formula is C12H19NO. The zero-order valence-corrected chi connectivity index (χ0v) is 9.08. The van der Waals surface area contributed by atoms with Crippen molar-refractivity contribution in [2.75, 3.05) is 0 Å². The first kappa shape index (κ1) is 11.3. The average molecular weight is 193 g/mol. The molecule has 0 radical (unpaired) electrons. The first-order valence-corrected chi connectivity index (χ1v) is 5.23. The quantitative estimate of drug-likeness (QED) is 0.685. The van der Waals surface area contributed by atoms with Crippen molar-refractivity contribution in [3.63, 3.8) is 0 Å². The van der Waals surface area contributed by atoms with E-state index in [0.717, 1.165) is 19.3 Å². The molecule has 3 atom stereocenters. The molecule has 78 valence electrons. The fourth-order valence-corrected chi connectivity index (χ4v) is 2.52. The molecule has 1 rings (SSSR count). The minimum absolute atomic E-state index is 0.0201. The van der Waals surface area contributed by atoms with Crippen LogP contribution in [-0.4, -0.2) is 10.7 Å². The van der Waals surface area contributed by atoms with Crippen LogP contribution in [0.4, 0.5) is 0 Å². The lowest BCUT2D eigenvalue weighted by Crippen LogP contribution is -2.47. The molecule has 0 saturated heterocycles. The SMILES string of the molecule is C=CC[C@]1(C#N)CCC[C@](C)(O)[C@@H]1C. The largest absolute Gasteiger partial charge is 0.390 e.